The van der Waals surface area contributed by atoms with E-state index in [-0.39, 0.29) is 31.9 Å². The number of aliphatic hydroxyl groups excluding tert-OH is 4. The average molecular weight is 498 g/mol. The Kier molecular flexibility index (Phi) is 12.2. The van der Waals surface area contributed by atoms with Crippen LogP contribution >= 0.6 is 0 Å². The van der Waals surface area contributed by atoms with E-state index in [4.69, 9.17) is 20.3 Å². The molecule has 1 aliphatic rings. The van der Waals surface area contributed by atoms with E-state index in [2.05, 4.69) is 10.6 Å². The summed E-state index contributed by atoms with van der Waals surface area (Å²) in [5.74, 6) is -1.27. The number of benzene rings is 1. The molecule has 1 aromatic carbocycles. The van der Waals surface area contributed by atoms with E-state index in [1.165, 1.54) is 0 Å². The van der Waals surface area contributed by atoms with E-state index in [0.717, 1.165) is 5.56 Å². The van der Waals surface area contributed by atoms with Gasteiger partial charge >= 0.3 is 0 Å². The van der Waals surface area contributed by atoms with E-state index in [0.29, 0.717) is 19.3 Å². The normalized spacial score (nSPS) is 25.0. The van der Waals surface area contributed by atoms with Crippen LogP contribution in [0.1, 0.15) is 31.2 Å². The van der Waals surface area contributed by atoms with Crippen LogP contribution in [0.2, 0.25) is 0 Å². The highest BCUT2D eigenvalue weighted by Crippen LogP contribution is 2.21. The lowest BCUT2D eigenvalue weighted by atomic mass is 9.99. The van der Waals surface area contributed by atoms with Crippen LogP contribution in [0.25, 0.3) is 0 Å². The van der Waals surface area contributed by atoms with Gasteiger partial charge in [-0.3, -0.25) is 19.7 Å². The minimum Gasteiger partial charge on any atom is -0.394 e. The molecule has 3 amide bonds. The van der Waals surface area contributed by atoms with Gasteiger partial charge in [-0.2, -0.15) is 0 Å². The average Bonchev–Trinajstić information content (AvgIpc) is 2.84. The van der Waals surface area contributed by atoms with Crippen LogP contribution in [0.4, 0.5) is 0 Å². The van der Waals surface area contributed by atoms with Crippen LogP contribution in [-0.4, -0.2) is 94.7 Å². The molecule has 0 bridgehead atoms. The van der Waals surface area contributed by atoms with E-state index in [9.17, 15) is 29.7 Å². The van der Waals surface area contributed by atoms with Gasteiger partial charge in [-0.15, -0.1) is 0 Å². The third-order valence-electron chi connectivity index (χ3n) is 5.51. The molecule has 12 nitrogen and oxygen atoms in total. The largest absolute Gasteiger partial charge is 0.394 e. The molecule has 1 fully saturated rings. The molecule has 6 atom stereocenters. The number of imide groups is 1. The fourth-order valence-corrected chi connectivity index (χ4v) is 3.48. The Morgan fingerprint density at radius 3 is 2.31 bits per heavy atom. The highest BCUT2D eigenvalue weighted by Gasteiger charge is 2.43. The maximum absolute atomic E-state index is 12.1. The fourth-order valence-electron chi connectivity index (χ4n) is 3.48. The number of amides is 3. The Balaban J connectivity index is 1.54. The topological polar surface area (TPSA) is 201 Å². The number of carbonyl (C=O) groups is 3. The van der Waals surface area contributed by atoms with Gasteiger partial charge in [0.2, 0.25) is 17.7 Å². The van der Waals surface area contributed by atoms with Crippen LogP contribution in [0.5, 0.6) is 0 Å². The lowest BCUT2D eigenvalue weighted by molar-refractivity contribution is -0.300. The van der Waals surface area contributed by atoms with Crippen LogP contribution in [0, 0.1) is 0 Å². The Labute approximate surface area is 203 Å². The number of rotatable bonds is 13. The molecule has 35 heavy (non-hydrogen) atoms. The fraction of sp³-hybridized carbons (Fsp3) is 0.609. The lowest BCUT2D eigenvalue weighted by Gasteiger charge is -2.39. The van der Waals surface area contributed by atoms with Crippen molar-refractivity contribution in [1.29, 1.82) is 0 Å². The summed E-state index contributed by atoms with van der Waals surface area (Å²) < 4.78 is 10.5. The quantitative estimate of drug-likeness (QED) is 0.145. The summed E-state index contributed by atoms with van der Waals surface area (Å²) in [5, 5.41) is 43.3. The second-order valence-electron chi connectivity index (χ2n) is 8.33. The summed E-state index contributed by atoms with van der Waals surface area (Å²) in [7, 11) is 0. The second-order valence-corrected chi connectivity index (χ2v) is 8.33. The zero-order valence-corrected chi connectivity index (χ0v) is 19.4. The van der Waals surface area contributed by atoms with Crippen LogP contribution in [0.15, 0.2) is 30.3 Å². The molecule has 1 saturated heterocycles. The molecule has 1 heterocycles. The highest BCUT2D eigenvalue weighted by atomic mass is 16.7. The summed E-state index contributed by atoms with van der Waals surface area (Å²) in [6.07, 6.45) is -5.45. The van der Waals surface area contributed by atoms with Gasteiger partial charge in [0.1, 0.15) is 24.4 Å². The second kappa shape index (κ2) is 14.8. The number of carbonyl (C=O) groups excluding carboxylic acids is 3. The predicted molar refractivity (Wildman–Crippen MR) is 122 cm³/mol. The Morgan fingerprint density at radius 2 is 1.66 bits per heavy atom. The van der Waals surface area contributed by atoms with Crippen molar-refractivity contribution in [3.63, 3.8) is 0 Å². The summed E-state index contributed by atoms with van der Waals surface area (Å²) in [4.78, 5) is 35.9. The van der Waals surface area contributed by atoms with Gasteiger partial charge in [0.05, 0.1) is 19.3 Å². The molecule has 0 spiro atoms. The van der Waals surface area contributed by atoms with E-state index >= 15 is 0 Å². The number of nitrogens with two attached hydrogens (primary N) is 1. The molecule has 0 unspecified atom stereocenters. The van der Waals surface area contributed by atoms with Gasteiger partial charge in [-0.25, -0.2) is 0 Å². The first-order valence-corrected chi connectivity index (χ1v) is 11.5. The molecule has 2 rings (SSSR count). The molecule has 8 N–H and O–H groups in total. The minimum atomic E-state index is -1.53. The number of hydrogen-bond donors (Lipinski definition) is 7. The SMILES string of the molecule is N[C@@H](Cc1ccccc1)C(=O)NC(=O)CCCCC(=O)NCCO[C@H]1O[C@H](CO)[C@@H](O)[C@H](O)[C@@H]1O. The maximum Gasteiger partial charge on any atom is 0.243 e. The van der Waals surface area contributed by atoms with Gasteiger partial charge in [0.25, 0.3) is 0 Å². The highest BCUT2D eigenvalue weighted by molar-refractivity contribution is 5.97. The minimum absolute atomic E-state index is 0.0395. The third kappa shape index (κ3) is 9.61. The first kappa shape index (κ1) is 28.8. The van der Waals surface area contributed by atoms with Crippen molar-refractivity contribution >= 4 is 17.7 Å². The molecule has 1 aromatic rings. The number of unbranched alkanes of at least 4 members (excludes halogenated alkanes) is 1. The van der Waals surface area contributed by atoms with E-state index < -0.39 is 55.2 Å². The van der Waals surface area contributed by atoms with Gasteiger partial charge in [-0.1, -0.05) is 30.3 Å². The van der Waals surface area contributed by atoms with Gasteiger partial charge in [-0.05, 0) is 24.8 Å². The molecule has 0 saturated carbocycles. The first-order chi connectivity index (χ1) is 16.7. The van der Waals surface area contributed by atoms with Gasteiger partial charge in [0.15, 0.2) is 6.29 Å². The molecule has 196 valence electrons. The Morgan fingerprint density at radius 1 is 1.00 bits per heavy atom. The molecular formula is C23H35N3O9. The van der Waals surface area contributed by atoms with Crippen molar-refractivity contribution in [3.8, 4) is 0 Å². The summed E-state index contributed by atoms with van der Waals surface area (Å²) in [6, 6.07) is 8.40. The zero-order valence-electron chi connectivity index (χ0n) is 19.4. The Bertz CT molecular complexity index is 809. The van der Waals surface area contributed by atoms with Gasteiger partial charge in [0, 0.05) is 19.4 Å². The van der Waals surface area contributed by atoms with Crippen LogP contribution < -0.4 is 16.4 Å². The smallest absolute Gasteiger partial charge is 0.243 e. The maximum atomic E-state index is 12.1. The molecule has 0 aromatic heterocycles. The number of hydrogen-bond acceptors (Lipinski definition) is 10. The standard InChI is InChI=1S/C23H35N3O9/c24-15(12-14-6-2-1-3-7-14)22(33)26-18(29)9-5-4-8-17(28)25-10-11-34-23-21(32)20(31)19(30)16(13-27)35-23/h1-3,6-7,15-16,19-21,23,27,30-32H,4-5,8-13,24H2,(H,25,28)(H,26,29,33)/t15-,16+,19+,20-,21-,23-/m0/s1. The van der Waals surface area contributed by atoms with E-state index in [1.807, 2.05) is 30.3 Å². The van der Waals surface area contributed by atoms with Crippen molar-refractivity contribution in [2.75, 3.05) is 19.8 Å². The van der Waals surface area contributed by atoms with Crippen molar-refractivity contribution < 1.29 is 44.3 Å². The summed E-state index contributed by atoms with van der Waals surface area (Å²) >= 11 is 0. The Hall–Kier alpha value is -2.45. The van der Waals surface area contributed by atoms with Crippen molar-refractivity contribution in [2.24, 2.45) is 5.73 Å². The van der Waals surface area contributed by atoms with Crippen LogP contribution in [-0.2, 0) is 30.3 Å². The van der Waals surface area contributed by atoms with Crippen molar-refractivity contribution in [2.45, 2.75) is 68.9 Å². The number of nitrogens with one attached hydrogen (secondary N) is 2. The molecule has 12 heteroatoms. The number of ether oxygens (including phenoxy) is 2. The first-order valence-electron chi connectivity index (χ1n) is 11.5. The summed E-state index contributed by atoms with van der Waals surface area (Å²) in [6.45, 7) is -0.501. The molecular weight excluding hydrogens is 462 g/mol. The monoisotopic (exact) mass is 497 g/mol. The van der Waals surface area contributed by atoms with E-state index in [1.54, 1.807) is 0 Å². The zero-order chi connectivity index (χ0) is 25.8. The third-order valence-corrected chi connectivity index (χ3v) is 5.51. The van der Waals surface area contributed by atoms with Gasteiger partial charge < -0.3 is 41.0 Å². The molecule has 1 aliphatic heterocycles. The lowest BCUT2D eigenvalue weighted by Crippen LogP contribution is -2.59. The van der Waals surface area contributed by atoms with Crippen molar-refractivity contribution in [1.82, 2.24) is 10.6 Å². The van der Waals surface area contributed by atoms with Crippen molar-refractivity contribution in [3.05, 3.63) is 35.9 Å². The van der Waals surface area contributed by atoms with Crippen LogP contribution in [0.3, 0.4) is 0 Å². The molecule has 0 aliphatic carbocycles. The number of aliphatic hydroxyl groups is 4. The molecule has 0 radical (unpaired) electrons. The predicted octanol–water partition coefficient (Wildman–Crippen LogP) is -2.31. The summed E-state index contributed by atoms with van der Waals surface area (Å²) in [5.41, 5.74) is 6.74.